The molecule has 2 amide bonds. The van der Waals surface area contributed by atoms with Crippen LogP contribution in [0.25, 0.3) is 0 Å². The molecule has 0 heterocycles. The zero-order chi connectivity index (χ0) is 22.2. The van der Waals surface area contributed by atoms with Crippen LogP contribution in [0.3, 0.4) is 0 Å². The van der Waals surface area contributed by atoms with Crippen molar-refractivity contribution < 1.29 is 38.9 Å². The van der Waals surface area contributed by atoms with Crippen LogP contribution in [0.2, 0.25) is 0 Å². The molecule has 0 rings (SSSR count). The van der Waals surface area contributed by atoms with Gasteiger partial charge in [0.25, 0.3) is 0 Å². The Morgan fingerprint density at radius 3 is 2.21 bits per heavy atom. The summed E-state index contributed by atoms with van der Waals surface area (Å²) in [5, 5.41) is 22.2. The first-order valence-corrected chi connectivity index (χ1v) is 10.4. The highest BCUT2D eigenvalue weighted by Gasteiger charge is 2.22. The van der Waals surface area contributed by atoms with E-state index in [2.05, 4.69) is 10.6 Å². The molecule has 0 saturated carbocycles. The van der Waals surface area contributed by atoms with Gasteiger partial charge in [-0.15, -0.1) is 0 Å². The van der Waals surface area contributed by atoms with Gasteiger partial charge in [-0.1, -0.05) is 0 Å². The molecule has 0 aromatic heterocycles. The number of ether oxygens (including phenoxy) is 2. The SMILES string of the molecule is CCOC(CCSC[C@H](NC(=O)CC[C@H](N)C(=O)O)C(=O)NCC(=O)O)OCC. The maximum atomic E-state index is 12.2. The number of carbonyl (C=O) groups excluding carboxylic acids is 2. The van der Waals surface area contributed by atoms with Crippen LogP contribution in [0.15, 0.2) is 0 Å². The predicted molar refractivity (Wildman–Crippen MR) is 106 cm³/mol. The molecule has 0 saturated heterocycles. The molecule has 0 aliphatic rings. The van der Waals surface area contributed by atoms with E-state index in [1.807, 2.05) is 13.8 Å². The van der Waals surface area contributed by atoms with E-state index < -0.39 is 42.4 Å². The number of aliphatic carboxylic acids is 2. The molecule has 0 aromatic carbocycles. The predicted octanol–water partition coefficient (Wildman–Crippen LogP) is -0.613. The monoisotopic (exact) mass is 437 g/mol. The number of amides is 2. The van der Waals surface area contributed by atoms with E-state index in [0.29, 0.717) is 25.4 Å². The Bertz CT molecular complexity index is 529. The van der Waals surface area contributed by atoms with Gasteiger partial charge in [-0.25, -0.2) is 0 Å². The lowest BCUT2D eigenvalue weighted by atomic mass is 10.1. The van der Waals surface area contributed by atoms with Gasteiger partial charge in [0.05, 0.1) is 0 Å². The first kappa shape index (κ1) is 27.1. The molecule has 2 atom stereocenters. The van der Waals surface area contributed by atoms with Crippen molar-refractivity contribution >= 4 is 35.5 Å². The molecule has 0 bridgehead atoms. The molecule has 0 spiro atoms. The molecule has 6 N–H and O–H groups in total. The average molecular weight is 438 g/mol. The quantitative estimate of drug-likeness (QED) is 0.146. The average Bonchev–Trinajstić information content (AvgIpc) is 2.66. The lowest BCUT2D eigenvalue weighted by Gasteiger charge is -2.19. The molecule has 12 heteroatoms. The Morgan fingerprint density at radius 1 is 1.07 bits per heavy atom. The Kier molecular flexibility index (Phi) is 14.9. The van der Waals surface area contributed by atoms with Gasteiger partial charge in [0, 0.05) is 31.8 Å². The summed E-state index contributed by atoms with van der Waals surface area (Å²) in [5.41, 5.74) is 5.36. The fourth-order valence-electron chi connectivity index (χ4n) is 2.11. The van der Waals surface area contributed by atoms with Gasteiger partial charge in [-0.2, -0.15) is 11.8 Å². The molecule has 0 fully saturated rings. The highest BCUT2D eigenvalue weighted by Crippen LogP contribution is 2.11. The number of rotatable bonds is 17. The summed E-state index contributed by atoms with van der Waals surface area (Å²) in [4.78, 5) is 45.6. The summed E-state index contributed by atoms with van der Waals surface area (Å²) in [6.07, 6.45) is -0.0272. The normalized spacial score (nSPS) is 13.0. The summed E-state index contributed by atoms with van der Waals surface area (Å²) >= 11 is 1.37. The molecular weight excluding hydrogens is 406 g/mol. The number of nitrogens with two attached hydrogens (primary N) is 1. The van der Waals surface area contributed by atoms with Crippen LogP contribution in [0.5, 0.6) is 0 Å². The highest BCUT2D eigenvalue weighted by atomic mass is 32.2. The van der Waals surface area contributed by atoms with E-state index in [9.17, 15) is 19.2 Å². The molecule has 0 aliphatic heterocycles. The van der Waals surface area contributed by atoms with Gasteiger partial charge >= 0.3 is 11.9 Å². The van der Waals surface area contributed by atoms with Gasteiger partial charge in [0.1, 0.15) is 18.6 Å². The fourth-order valence-corrected chi connectivity index (χ4v) is 3.11. The smallest absolute Gasteiger partial charge is 0.322 e. The van der Waals surface area contributed by atoms with Crippen molar-refractivity contribution in [3.05, 3.63) is 0 Å². The van der Waals surface area contributed by atoms with E-state index in [4.69, 9.17) is 25.4 Å². The molecule has 11 nitrogen and oxygen atoms in total. The second kappa shape index (κ2) is 16.0. The molecule has 29 heavy (non-hydrogen) atoms. The van der Waals surface area contributed by atoms with Crippen molar-refractivity contribution in [1.82, 2.24) is 10.6 Å². The maximum absolute atomic E-state index is 12.2. The van der Waals surface area contributed by atoms with E-state index in [-0.39, 0.29) is 24.9 Å². The molecule has 0 aliphatic carbocycles. The molecule has 0 unspecified atom stereocenters. The zero-order valence-electron chi connectivity index (χ0n) is 16.7. The Labute approximate surface area is 174 Å². The number of carbonyl (C=O) groups is 4. The van der Waals surface area contributed by atoms with Crippen LogP contribution in [0.4, 0.5) is 0 Å². The largest absolute Gasteiger partial charge is 0.480 e. The summed E-state index contributed by atoms with van der Waals surface area (Å²) in [6.45, 7) is 4.15. The Hall–Kier alpha value is -1.89. The first-order valence-electron chi connectivity index (χ1n) is 9.29. The van der Waals surface area contributed by atoms with Crippen molar-refractivity contribution in [1.29, 1.82) is 0 Å². The number of hydrogen-bond acceptors (Lipinski definition) is 8. The zero-order valence-corrected chi connectivity index (χ0v) is 17.5. The third-order valence-corrected chi connectivity index (χ3v) is 4.65. The second-order valence-electron chi connectivity index (χ2n) is 5.92. The van der Waals surface area contributed by atoms with E-state index in [0.717, 1.165) is 0 Å². The Morgan fingerprint density at radius 2 is 1.69 bits per heavy atom. The maximum Gasteiger partial charge on any atom is 0.322 e. The molecule has 0 radical (unpaired) electrons. The minimum absolute atomic E-state index is 0.0812. The molecular formula is C17H31N3O8S. The van der Waals surface area contributed by atoms with Gasteiger partial charge in [-0.05, 0) is 26.0 Å². The van der Waals surface area contributed by atoms with E-state index in [1.54, 1.807) is 0 Å². The van der Waals surface area contributed by atoms with Gasteiger partial charge in [0.15, 0.2) is 6.29 Å². The lowest BCUT2D eigenvalue weighted by molar-refractivity contribution is -0.139. The first-order chi connectivity index (χ1) is 13.7. The summed E-state index contributed by atoms with van der Waals surface area (Å²) in [7, 11) is 0. The fraction of sp³-hybridized carbons (Fsp3) is 0.765. The van der Waals surface area contributed by atoms with Gasteiger partial charge in [0.2, 0.25) is 11.8 Å². The standard InChI is InChI=1S/C17H31N3O8S/c1-3-27-15(28-4-2)7-8-29-10-12(16(24)19-9-14(22)23)20-13(21)6-5-11(18)17(25)26/h11-12,15H,3-10,18H2,1-2H3,(H,19,24)(H,20,21)(H,22,23)(H,25,26)/t11-,12-/m0/s1. The van der Waals surface area contributed by atoms with Crippen molar-refractivity contribution in [2.24, 2.45) is 5.73 Å². The third kappa shape index (κ3) is 13.8. The number of nitrogens with one attached hydrogen (secondary N) is 2. The number of thioether (sulfide) groups is 1. The summed E-state index contributed by atoms with van der Waals surface area (Å²) < 4.78 is 10.9. The van der Waals surface area contributed by atoms with Gasteiger partial charge < -0.3 is 36.1 Å². The van der Waals surface area contributed by atoms with Gasteiger partial charge in [-0.3, -0.25) is 19.2 Å². The summed E-state index contributed by atoms with van der Waals surface area (Å²) in [5.74, 6) is -2.82. The highest BCUT2D eigenvalue weighted by molar-refractivity contribution is 7.99. The molecule has 0 aromatic rings. The Balaban J connectivity index is 4.63. The van der Waals surface area contributed by atoms with Crippen LogP contribution in [0.1, 0.15) is 33.1 Å². The minimum Gasteiger partial charge on any atom is -0.480 e. The van der Waals surface area contributed by atoms with Crippen molar-refractivity contribution in [3.63, 3.8) is 0 Å². The van der Waals surface area contributed by atoms with Crippen molar-refractivity contribution in [2.75, 3.05) is 31.3 Å². The minimum atomic E-state index is -1.22. The van der Waals surface area contributed by atoms with Crippen molar-refractivity contribution in [3.8, 4) is 0 Å². The second-order valence-corrected chi connectivity index (χ2v) is 7.07. The van der Waals surface area contributed by atoms with Crippen LogP contribution in [0, 0.1) is 0 Å². The van der Waals surface area contributed by atoms with Crippen molar-refractivity contribution in [2.45, 2.75) is 51.5 Å². The molecule has 168 valence electrons. The van der Waals surface area contributed by atoms with E-state index >= 15 is 0 Å². The third-order valence-electron chi connectivity index (χ3n) is 3.55. The van der Waals surface area contributed by atoms with Crippen LogP contribution < -0.4 is 16.4 Å². The topological polar surface area (TPSA) is 177 Å². The van der Waals surface area contributed by atoms with Crippen LogP contribution >= 0.6 is 11.8 Å². The van der Waals surface area contributed by atoms with Crippen LogP contribution in [-0.2, 0) is 28.7 Å². The summed E-state index contributed by atoms with van der Waals surface area (Å²) in [6, 6.07) is -2.14. The van der Waals surface area contributed by atoms with Crippen LogP contribution in [-0.4, -0.2) is 83.6 Å². The lowest BCUT2D eigenvalue weighted by Crippen LogP contribution is -2.49. The number of hydrogen-bond donors (Lipinski definition) is 5. The number of carboxylic acids is 2. The number of carboxylic acid groups (broad SMARTS) is 2. The van der Waals surface area contributed by atoms with E-state index in [1.165, 1.54) is 11.8 Å².